The van der Waals surface area contributed by atoms with Gasteiger partial charge in [-0.15, -0.1) is 11.3 Å². The second-order valence-corrected chi connectivity index (χ2v) is 4.45. The van der Waals surface area contributed by atoms with Crippen LogP contribution in [0.25, 0.3) is 11.3 Å². The van der Waals surface area contributed by atoms with Gasteiger partial charge in [-0.25, -0.2) is 14.2 Å². The van der Waals surface area contributed by atoms with E-state index < -0.39 is 11.8 Å². The highest BCUT2D eigenvalue weighted by Crippen LogP contribution is 2.27. The fourth-order valence-corrected chi connectivity index (χ4v) is 2.34. The van der Waals surface area contributed by atoms with Crippen LogP contribution >= 0.6 is 11.3 Å². The zero-order chi connectivity index (χ0) is 12.4. The van der Waals surface area contributed by atoms with Gasteiger partial charge < -0.3 is 5.11 Å². The molecule has 1 N–H and O–H groups in total. The predicted molar refractivity (Wildman–Crippen MR) is 63.8 cm³/mol. The maximum atomic E-state index is 13.3. The van der Waals surface area contributed by atoms with Gasteiger partial charge in [-0.05, 0) is 24.6 Å². The van der Waals surface area contributed by atoms with Crippen LogP contribution in [0.3, 0.4) is 0 Å². The Morgan fingerprint density at radius 3 is 2.88 bits per heavy atom. The first kappa shape index (κ1) is 11.7. The summed E-state index contributed by atoms with van der Waals surface area (Å²) in [5.41, 5.74) is 2.80. The number of carbonyl (C=O) groups is 1. The third kappa shape index (κ3) is 2.34. The lowest BCUT2D eigenvalue weighted by molar-refractivity contribution is 0.0696. The maximum absolute atomic E-state index is 13.3. The lowest BCUT2D eigenvalue weighted by atomic mass is 10.1. The number of carboxylic acid groups (broad SMARTS) is 1. The van der Waals surface area contributed by atoms with Crippen molar-refractivity contribution in [2.24, 2.45) is 0 Å². The standard InChI is InChI=1S/C12H10FNO2S/c1-2-10-11(14-6-17-10)7-3-8(12(15)16)5-9(13)4-7/h3-6H,2H2,1H3,(H,15,16). The van der Waals surface area contributed by atoms with Crippen molar-refractivity contribution in [3.05, 3.63) is 40.0 Å². The SMILES string of the molecule is CCc1scnc1-c1cc(F)cc(C(=O)O)c1. The van der Waals surface area contributed by atoms with Crippen molar-refractivity contribution in [3.8, 4) is 11.3 Å². The van der Waals surface area contributed by atoms with E-state index in [0.29, 0.717) is 11.3 Å². The van der Waals surface area contributed by atoms with Gasteiger partial charge >= 0.3 is 5.97 Å². The average Bonchev–Trinajstić information content (AvgIpc) is 2.76. The number of thiazole rings is 1. The minimum Gasteiger partial charge on any atom is -0.478 e. The van der Waals surface area contributed by atoms with E-state index in [4.69, 9.17) is 5.11 Å². The molecule has 0 radical (unpaired) electrons. The second-order valence-electron chi connectivity index (χ2n) is 3.51. The van der Waals surface area contributed by atoms with E-state index in [1.807, 2.05) is 6.92 Å². The predicted octanol–water partition coefficient (Wildman–Crippen LogP) is 3.21. The van der Waals surface area contributed by atoms with Crippen molar-refractivity contribution >= 4 is 17.3 Å². The first-order valence-corrected chi connectivity index (χ1v) is 5.96. The highest BCUT2D eigenvalue weighted by molar-refractivity contribution is 7.10. The number of nitrogens with zero attached hydrogens (tertiary/aromatic N) is 1. The van der Waals surface area contributed by atoms with Crippen LogP contribution in [0.5, 0.6) is 0 Å². The topological polar surface area (TPSA) is 50.2 Å². The molecule has 3 nitrogen and oxygen atoms in total. The molecule has 17 heavy (non-hydrogen) atoms. The van der Waals surface area contributed by atoms with E-state index in [9.17, 15) is 9.18 Å². The van der Waals surface area contributed by atoms with Gasteiger partial charge in [-0.2, -0.15) is 0 Å². The van der Waals surface area contributed by atoms with Crippen molar-refractivity contribution < 1.29 is 14.3 Å². The summed E-state index contributed by atoms with van der Waals surface area (Å²) in [4.78, 5) is 16.0. The van der Waals surface area contributed by atoms with Gasteiger partial charge in [0, 0.05) is 10.4 Å². The molecule has 0 bridgehead atoms. The first-order valence-electron chi connectivity index (χ1n) is 5.08. The van der Waals surface area contributed by atoms with Crippen LogP contribution in [-0.4, -0.2) is 16.1 Å². The Morgan fingerprint density at radius 1 is 1.47 bits per heavy atom. The van der Waals surface area contributed by atoms with Crippen LogP contribution in [-0.2, 0) is 6.42 Å². The summed E-state index contributed by atoms with van der Waals surface area (Å²) in [5.74, 6) is -1.70. The zero-order valence-electron chi connectivity index (χ0n) is 9.11. The number of halogens is 1. The maximum Gasteiger partial charge on any atom is 0.335 e. The van der Waals surface area contributed by atoms with Gasteiger partial charge in [0.2, 0.25) is 0 Å². The van der Waals surface area contributed by atoms with Crippen LogP contribution in [0.2, 0.25) is 0 Å². The number of carboxylic acids is 1. The third-order valence-electron chi connectivity index (χ3n) is 2.38. The van der Waals surface area contributed by atoms with Crippen molar-refractivity contribution in [3.63, 3.8) is 0 Å². The van der Waals surface area contributed by atoms with Crippen molar-refractivity contribution in [2.75, 3.05) is 0 Å². The van der Waals surface area contributed by atoms with Crippen LogP contribution in [0, 0.1) is 5.82 Å². The van der Waals surface area contributed by atoms with Crippen molar-refractivity contribution in [1.82, 2.24) is 4.98 Å². The minimum absolute atomic E-state index is 0.0601. The molecule has 0 unspecified atom stereocenters. The van der Waals surface area contributed by atoms with Crippen LogP contribution in [0.4, 0.5) is 4.39 Å². The fraction of sp³-hybridized carbons (Fsp3) is 0.167. The van der Waals surface area contributed by atoms with Gasteiger partial charge in [0.05, 0.1) is 16.8 Å². The molecule has 5 heteroatoms. The molecule has 1 heterocycles. The van der Waals surface area contributed by atoms with Crippen molar-refractivity contribution in [1.29, 1.82) is 0 Å². The number of aromatic carboxylic acids is 1. The molecule has 2 rings (SSSR count). The van der Waals surface area contributed by atoms with Gasteiger partial charge in [-0.1, -0.05) is 6.92 Å². The molecule has 0 fully saturated rings. The molecule has 0 saturated heterocycles. The number of benzene rings is 1. The number of aryl methyl sites for hydroxylation is 1. The Kier molecular flexibility index (Phi) is 3.19. The second kappa shape index (κ2) is 4.63. The van der Waals surface area contributed by atoms with Gasteiger partial charge in [0.25, 0.3) is 0 Å². The summed E-state index contributed by atoms with van der Waals surface area (Å²) in [6.45, 7) is 1.98. The molecule has 2 aromatic rings. The highest BCUT2D eigenvalue weighted by atomic mass is 32.1. The zero-order valence-corrected chi connectivity index (χ0v) is 9.92. The lowest BCUT2D eigenvalue weighted by Crippen LogP contribution is -1.98. The molecule has 1 aromatic carbocycles. The van der Waals surface area contributed by atoms with Crippen LogP contribution in [0.15, 0.2) is 23.7 Å². The monoisotopic (exact) mass is 251 g/mol. The summed E-state index contributed by atoms with van der Waals surface area (Å²) in [5, 5.41) is 8.87. The Balaban J connectivity index is 2.56. The Labute approximate surface area is 102 Å². The molecule has 0 aliphatic carbocycles. The summed E-state index contributed by atoms with van der Waals surface area (Å²) >= 11 is 1.48. The largest absolute Gasteiger partial charge is 0.478 e. The lowest BCUT2D eigenvalue weighted by Gasteiger charge is -2.03. The number of aromatic nitrogens is 1. The van der Waals surface area contributed by atoms with E-state index in [-0.39, 0.29) is 5.56 Å². The summed E-state index contributed by atoms with van der Waals surface area (Å²) in [6.07, 6.45) is 0.791. The Hall–Kier alpha value is -1.75. The quantitative estimate of drug-likeness (QED) is 0.911. The van der Waals surface area contributed by atoms with Gasteiger partial charge in [0.15, 0.2) is 0 Å². The van der Waals surface area contributed by atoms with Gasteiger partial charge in [0.1, 0.15) is 5.82 Å². The fourth-order valence-electron chi connectivity index (χ4n) is 1.61. The number of hydrogen-bond acceptors (Lipinski definition) is 3. The highest BCUT2D eigenvalue weighted by Gasteiger charge is 2.12. The molecule has 0 aliphatic rings. The molecule has 0 amide bonds. The van der Waals surface area contributed by atoms with E-state index >= 15 is 0 Å². The Morgan fingerprint density at radius 2 is 2.24 bits per heavy atom. The smallest absolute Gasteiger partial charge is 0.335 e. The van der Waals surface area contributed by atoms with E-state index in [1.165, 1.54) is 23.5 Å². The Bertz CT molecular complexity index is 565. The number of hydrogen-bond donors (Lipinski definition) is 1. The average molecular weight is 251 g/mol. The molecule has 0 saturated carbocycles. The van der Waals surface area contributed by atoms with Crippen LogP contribution in [0.1, 0.15) is 22.2 Å². The molecule has 0 atom stereocenters. The van der Waals surface area contributed by atoms with Gasteiger partial charge in [-0.3, -0.25) is 0 Å². The molecule has 88 valence electrons. The molecule has 0 spiro atoms. The molecule has 1 aromatic heterocycles. The molecular weight excluding hydrogens is 241 g/mol. The third-order valence-corrected chi connectivity index (χ3v) is 3.36. The number of rotatable bonds is 3. The van der Waals surface area contributed by atoms with Crippen LogP contribution < -0.4 is 0 Å². The van der Waals surface area contributed by atoms with E-state index in [2.05, 4.69) is 4.98 Å². The molecule has 0 aliphatic heterocycles. The van der Waals surface area contributed by atoms with E-state index in [1.54, 1.807) is 5.51 Å². The molecular formula is C12H10FNO2S. The first-order chi connectivity index (χ1) is 8.11. The summed E-state index contributed by atoms with van der Waals surface area (Å²) in [6, 6.07) is 3.75. The minimum atomic E-state index is -1.14. The summed E-state index contributed by atoms with van der Waals surface area (Å²) < 4.78 is 13.3. The summed E-state index contributed by atoms with van der Waals surface area (Å²) in [7, 11) is 0. The van der Waals surface area contributed by atoms with E-state index in [0.717, 1.165) is 17.4 Å². The van der Waals surface area contributed by atoms with Crippen molar-refractivity contribution in [2.45, 2.75) is 13.3 Å². The normalized spacial score (nSPS) is 10.5.